The number of anilines is 1. The zero-order chi connectivity index (χ0) is 25.7. The predicted molar refractivity (Wildman–Crippen MR) is 146 cm³/mol. The van der Waals surface area contributed by atoms with Crippen LogP contribution in [0.15, 0.2) is 54.6 Å². The van der Waals surface area contributed by atoms with Crippen LogP contribution in [-0.2, 0) is 6.54 Å². The fraction of sp³-hybridized carbons (Fsp3) is 0.286. The summed E-state index contributed by atoms with van der Waals surface area (Å²) in [6, 6.07) is 17.0. The van der Waals surface area contributed by atoms with Gasteiger partial charge in [-0.05, 0) is 63.1 Å². The van der Waals surface area contributed by atoms with E-state index < -0.39 is 0 Å². The van der Waals surface area contributed by atoms with Crippen molar-refractivity contribution in [3.05, 3.63) is 76.3 Å². The van der Waals surface area contributed by atoms with E-state index in [-0.39, 0.29) is 5.91 Å². The second-order valence-corrected chi connectivity index (χ2v) is 9.49. The van der Waals surface area contributed by atoms with Gasteiger partial charge < -0.3 is 14.2 Å². The van der Waals surface area contributed by atoms with E-state index in [2.05, 4.69) is 0 Å². The normalized spacial score (nSPS) is 10.9. The fourth-order valence-corrected chi connectivity index (χ4v) is 5.34. The number of aromatic nitrogens is 1. The molecule has 0 bridgehead atoms. The Morgan fingerprint density at radius 1 is 0.944 bits per heavy atom. The van der Waals surface area contributed by atoms with Gasteiger partial charge in [-0.15, -0.1) is 0 Å². The molecule has 1 aromatic heterocycles. The molecule has 4 aromatic rings. The third-order valence-electron chi connectivity index (χ3n) is 5.45. The van der Waals surface area contributed by atoms with E-state index in [1.165, 1.54) is 11.3 Å². The van der Waals surface area contributed by atoms with Crippen molar-refractivity contribution in [2.45, 2.75) is 34.2 Å². The molecule has 0 radical (unpaired) electrons. The molecule has 6 nitrogen and oxygen atoms in total. The summed E-state index contributed by atoms with van der Waals surface area (Å²) in [5.74, 6) is 1.23. The second-order valence-electron chi connectivity index (χ2n) is 8.04. The minimum Gasteiger partial charge on any atom is -0.490 e. The average Bonchev–Trinajstić information content (AvgIpc) is 3.29. The lowest BCUT2D eigenvalue weighted by molar-refractivity contribution is 0.0984. The summed E-state index contributed by atoms with van der Waals surface area (Å²) in [5.41, 5.74) is 3.21. The average molecular weight is 525 g/mol. The summed E-state index contributed by atoms with van der Waals surface area (Å²) in [5, 5.41) is 1.24. The SMILES string of the molecule is CCOc1cc(C(=O)N(Cc2ccccc2)c2nc3c(C)cc(Cl)cc3s2)cc(OCC)c1OCC. The Morgan fingerprint density at radius 3 is 2.19 bits per heavy atom. The minimum atomic E-state index is -0.216. The number of hydrogen-bond donors (Lipinski definition) is 0. The summed E-state index contributed by atoms with van der Waals surface area (Å²) in [4.78, 5) is 20.6. The Balaban J connectivity index is 1.83. The summed E-state index contributed by atoms with van der Waals surface area (Å²) in [7, 11) is 0. The van der Waals surface area contributed by atoms with Crippen LogP contribution in [0, 0.1) is 6.92 Å². The fourth-order valence-electron chi connectivity index (χ4n) is 3.92. The maximum atomic E-state index is 14.1. The molecule has 0 spiro atoms. The van der Waals surface area contributed by atoms with Crippen LogP contribution in [0.4, 0.5) is 5.13 Å². The summed E-state index contributed by atoms with van der Waals surface area (Å²) < 4.78 is 18.4. The predicted octanol–water partition coefficient (Wildman–Crippen LogP) is 7.30. The van der Waals surface area contributed by atoms with Crippen LogP contribution in [0.25, 0.3) is 10.2 Å². The Morgan fingerprint density at radius 2 is 1.58 bits per heavy atom. The molecule has 0 saturated heterocycles. The Labute approximate surface area is 220 Å². The van der Waals surface area contributed by atoms with Gasteiger partial charge in [-0.1, -0.05) is 53.3 Å². The van der Waals surface area contributed by atoms with E-state index in [4.69, 9.17) is 30.8 Å². The highest BCUT2D eigenvalue weighted by Gasteiger charge is 2.26. The van der Waals surface area contributed by atoms with Crippen LogP contribution in [0.3, 0.4) is 0 Å². The van der Waals surface area contributed by atoms with Gasteiger partial charge in [-0.2, -0.15) is 0 Å². The number of benzene rings is 3. The lowest BCUT2D eigenvalue weighted by Crippen LogP contribution is -2.30. The first-order valence-corrected chi connectivity index (χ1v) is 13.1. The quantitative estimate of drug-likeness (QED) is 0.218. The highest BCUT2D eigenvalue weighted by atomic mass is 35.5. The molecule has 8 heteroatoms. The largest absolute Gasteiger partial charge is 0.490 e. The highest BCUT2D eigenvalue weighted by molar-refractivity contribution is 7.22. The van der Waals surface area contributed by atoms with Crippen molar-refractivity contribution in [2.24, 2.45) is 0 Å². The molecular weight excluding hydrogens is 496 g/mol. The molecule has 0 atom stereocenters. The van der Waals surface area contributed by atoms with Gasteiger partial charge in [0, 0.05) is 10.6 Å². The number of carbonyl (C=O) groups is 1. The topological polar surface area (TPSA) is 60.9 Å². The van der Waals surface area contributed by atoms with Gasteiger partial charge in [0.25, 0.3) is 5.91 Å². The third-order valence-corrected chi connectivity index (χ3v) is 6.70. The maximum absolute atomic E-state index is 14.1. The third kappa shape index (κ3) is 5.58. The molecule has 36 heavy (non-hydrogen) atoms. The molecule has 3 aromatic carbocycles. The number of ether oxygens (including phenoxy) is 3. The molecule has 0 fully saturated rings. The van der Waals surface area contributed by atoms with Crippen molar-refractivity contribution in [3.8, 4) is 17.2 Å². The molecule has 0 aliphatic rings. The molecule has 1 amide bonds. The number of carbonyl (C=O) groups excluding carboxylic acids is 1. The number of hydrogen-bond acceptors (Lipinski definition) is 6. The number of nitrogens with zero attached hydrogens (tertiary/aromatic N) is 2. The first-order chi connectivity index (χ1) is 17.4. The molecule has 1 heterocycles. The van der Waals surface area contributed by atoms with Crippen LogP contribution in [-0.4, -0.2) is 30.7 Å². The van der Waals surface area contributed by atoms with Crippen LogP contribution < -0.4 is 19.1 Å². The molecule has 0 saturated carbocycles. The van der Waals surface area contributed by atoms with Crippen LogP contribution in [0.1, 0.15) is 42.3 Å². The number of thiazole rings is 1. The lowest BCUT2D eigenvalue weighted by Gasteiger charge is -2.22. The van der Waals surface area contributed by atoms with Gasteiger partial charge in [0.1, 0.15) is 0 Å². The number of rotatable bonds is 10. The van der Waals surface area contributed by atoms with Gasteiger partial charge in [0.2, 0.25) is 5.75 Å². The van der Waals surface area contributed by atoms with E-state index in [0.717, 1.165) is 21.3 Å². The Bertz CT molecular complexity index is 1330. The molecule has 4 rings (SSSR count). The van der Waals surface area contributed by atoms with Crippen molar-refractivity contribution in [1.82, 2.24) is 4.98 Å². The number of aryl methyl sites for hydroxylation is 1. The molecule has 188 valence electrons. The first-order valence-electron chi connectivity index (χ1n) is 11.9. The maximum Gasteiger partial charge on any atom is 0.260 e. The summed E-state index contributed by atoms with van der Waals surface area (Å²) in [6.07, 6.45) is 0. The zero-order valence-electron chi connectivity index (χ0n) is 20.8. The summed E-state index contributed by atoms with van der Waals surface area (Å²) >= 11 is 7.73. The molecule has 0 aliphatic heterocycles. The van der Waals surface area contributed by atoms with Crippen molar-refractivity contribution >= 4 is 44.2 Å². The second kappa shape index (κ2) is 11.6. The molecule has 0 N–H and O–H groups in total. The molecule has 0 aliphatic carbocycles. The van der Waals surface area contributed by atoms with Crippen LogP contribution in [0.5, 0.6) is 17.2 Å². The monoisotopic (exact) mass is 524 g/mol. The minimum absolute atomic E-state index is 0.216. The first kappa shape index (κ1) is 25.8. The van der Waals surface area contributed by atoms with E-state index in [1.54, 1.807) is 17.0 Å². The number of amides is 1. The van der Waals surface area contributed by atoms with Gasteiger partial charge in [0.05, 0.1) is 36.6 Å². The van der Waals surface area contributed by atoms with E-state index in [0.29, 0.717) is 59.3 Å². The van der Waals surface area contributed by atoms with Crippen molar-refractivity contribution in [2.75, 3.05) is 24.7 Å². The van der Waals surface area contributed by atoms with Crippen LogP contribution >= 0.6 is 22.9 Å². The van der Waals surface area contributed by atoms with Gasteiger partial charge in [-0.3, -0.25) is 9.69 Å². The van der Waals surface area contributed by atoms with E-state index in [9.17, 15) is 4.79 Å². The number of fused-ring (bicyclic) bond motifs is 1. The van der Waals surface area contributed by atoms with Gasteiger partial charge >= 0.3 is 0 Å². The van der Waals surface area contributed by atoms with Crippen molar-refractivity contribution < 1.29 is 19.0 Å². The Hall–Kier alpha value is -3.29. The van der Waals surface area contributed by atoms with Gasteiger partial charge in [0.15, 0.2) is 16.6 Å². The van der Waals surface area contributed by atoms with Crippen LogP contribution in [0.2, 0.25) is 5.02 Å². The van der Waals surface area contributed by atoms with Crippen molar-refractivity contribution in [3.63, 3.8) is 0 Å². The standard InChI is InChI=1S/C28H29ClN2O4S/c1-5-33-22-14-20(15-23(34-6-2)26(22)35-7-3)27(32)31(17-19-11-9-8-10-12-19)28-30-25-18(4)13-21(29)16-24(25)36-28/h8-16H,5-7,17H2,1-4H3. The Kier molecular flexibility index (Phi) is 8.33. The molecule has 0 unspecified atom stereocenters. The summed E-state index contributed by atoms with van der Waals surface area (Å²) in [6.45, 7) is 9.30. The number of halogens is 1. The van der Waals surface area contributed by atoms with Crippen molar-refractivity contribution in [1.29, 1.82) is 0 Å². The van der Waals surface area contributed by atoms with E-state index >= 15 is 0 Å². The highest BCUT2D eigenvalue weighted by Crippen LogP contribution is 2.40. The van der Waals surface area contributed by atoms with Gasteiger partial charge in [-0.25, -0.2) is 4.98 Å². The zero-order valence-corrected chi connectivity index (χ0v) is 22.4. The lowest BCUT2D eigenvalue weighted by atomic mass is 10.1. The smallest absolute Gasteiger partial charge is 0.260 e. The van der Waals surface area contributed by atoms with E-state index in [1.807, 2.05) is 70.2 Å². The molecular formula is C28H29ClN2O4S.